The van der Waals surface area contributed by atoms with Gasteiger partial charge in [-0.3, -0.25) is 0 Å². The second-order valence-corrected chi connectivity index (χ2v) is 4.07. The fourth-order valence-corrected chi connectivity index (χ4v) is 1.61. The van der Waals surface area contributed by atoms with Crippen molar-refractivity contribution in [2.24, 2.45) is 10.7 Å². The number of aliphatic imine (C=N–C) groups is 1. The van der Waals surface area contributed by atoms with E-state index in [0.717, 1.165) is 18.8 Å². The SMILES string of the molecule is CCN(CC)C(N)=NCCOc1ccc(C)cc1. The topological polar surface area (TPSA) is 50.8 Å². The third-order valence-corrected chi connectivity index (χ3v) is 2.74. The van der Waals surface area contributed by atoms with Crippen LogP contribution in [0.5, 0.6) is 5.75 Å². The van der Waals surface area contributed by atoms with Crippen LogP contribution in [-0.2, 0) is 0 Å². The standard InChI is InChI=1S/C14H23N3O/c1-4-17(5-2)14(15)16-10-11-18-13-8-6-12(3)7-9-13/h6-9H,4-5,10-11H2,1-3H3,(H2,15,16). The van der Waals surface area contributed by atoms with Gasteiger partial charge >= 0.3 is 0 Å². The fraction of sp³-hybridized carbons (Fsp3) is 0.500. The Balaban J connectivity index is 2.33. The van der Waals surface area contributed by atoms with Gasteiger partial charge in [-0.15, -0.1) is 0 Å². The van der Waals surface area contributed by atoms with Crippen molar-refractivity contribution >= 4 is 5.96 Å². The van der Waals surface area contributed by atoms with Gasteiger partial charge in [-0.05, 0) is 32.9 Å². The van der Waals surface area contributed by atoms with Crippen LogP contribution in [0.2, 0.25) is 0 Å². The third kappa shape index (κ3) is 4.65. The van der Waals surface area contributed by atoms with Crippen LogP contribution < -0.4 is 10.5 Å². The van der Waals surface area contributed by atoms with Crippen LogP contribution in [0.15, 0.2) is 29.3 Å². The lowest BCUT2D eigenvalue weighted by Crippen LogP contribution is -2.37. The van der Waals surface area contributed by atoms with E-state index in [-0.39, 0.29) is 0 Å². The first kappa shape index (κ1) is 14.4. The Bertz CT molecular complexity index is 369. The van der Waals surface area contributed by atoms with Gasteiger partial charge in [0.15, 0.2) is 5.96 Å². The van der Waals surface area contributed by atoms with E-state index in [2.05, 4.69) is 25.8 Å². The molecule has 1 rings (SSSR count). The summed E-state index contributed by atoms with van der Waals surface area (Å²) in [4.78, 5) is 6.31. The first-order chi connectivity index (χ1) is 8.67. The number of nitrogens with two attached hydrogens (primary N) is 1. The van der Waals surface area contributed by atoms with Gasteiger partial charge in [0.1, 0.15) is 12.4 Å². The maximum Gasteiger partial charge on any atom is 0.191 e. The van der Waals surface area contributed by atoms with E-state index in [1.54, 1.807) is 0 Å². The average Bonchev–Trinajstić information content (AvgIpc) is 2.38. The first-order valence-corrected chi connectivity index (χ1v) is 6.41. The Kier molecular flexibility index (Phi) is 6.05. The maximum absolute atomic E-state index is 5.86. The molecule has 4 heteroatoms. The summed E-state index contributed by atoms with van der Waals surface area (Å²) in [5, 5.41) is 0. The number of hydrogen-bond donors (Lipinski definition) is 1. The summed E-state index contributed by atoms with van der Waals surface area (Å²) >= 11 is 0. The summed E-state index contributed by atoms with van der Waals surface area (Å²) in [5.74, 6) is 1.46. The number of aryl methyl sites for hydroxylation is 1. The van der Waals surface area contributed by atoms with Crippen LogP contribution in [0.1, 0.15) is 19.4 Å². The summed E-state index contributed by atoms with van der Waals surface area (Å²) in [6, 6.07) is 7.99. The quantitative estimate of drug-likeness (QED) is 0.477. The van der Waals surface area contributed by atoms with Crippen LogP contribution in [0, 0.1) is 6.92 Å². The number of ether oxygens (including phenoxy) is 1. The Hall–Kier alpha value is -1.71. The highest BCUT2D eigenvalue weighted by Gasteiger charge is 2.01. The minimum absolute atomic E-state index is 0.547. The van der Waals surface area contributed by atoms with Crippen molar-refractivity contribution in [1.82, 2.24) is 4.90 Å². The second-order valence-electron chi connectivity index (χ2n) is 4.07. The fourth-order valence-electron chi connectivity index (χ4n) is 1.61. The Morgan fingerprint density at radius 1 is 1.22 bits per heavy atom. The molecule has 2 N–H and O–H groups in total. The van der Waals surface area contributed by atoms with Crippen LogP contribution in [0.4, 0.5) is 0 Å². The summed E-state index contributed by atoms with van der Waals surface area (Å²) < 4.78 is 5.58. The first-order valence-electron chi connectivity index (χ1n) is 6.41. The lowest BCUT2D eigenvalue weighted by molar-refractivity contribution is 0.327. The highest BCUT2D eigenvalue weighted by Crippen LogP contribution is 2.10. The van der Waals surface area contributed by atoms with E-state index in [4.69, 9.17) is 10.5 Å². The van der Waals surface area contributed by atoms with Crippen molar-refractivity contribution in [1.29, 1.82) is 0 Å². The van der Waals surface area contributed by atoms with E-state index in [9.17, 15) is 0 Å². The summed E-state index contributed by atoms with van der Waals surface area (Å²) in [7, 11) is 0. The number of benzene rings is 1. The van der Waals surface area contributed by atoms with Crippen molar-refractivity contribution in [3.63, 3.8) is 0 Å². The highest BCUT2D eigenvalue weighted by atomic mass is 16.5. The van der Waals surface area contributed by atoms with Crippen molar-refractivity contribution < 1.29 is 4.74 Å². The van der Waals surface area contributed by atoms with E-state index in [1.807, 2.05) is 29.2 Å². The predicted molar refractivity (Wildman–Crippen MR) is 76.1 cm³/mol. The zero-order chi connectivity index (χ0) is 13.4. The third-order valence-electron chi connectivity index (χ3n) is 2.74. The minimum atomic E-state index is 0.547. The molecule has 0 aromatic heterocycles. The van der Waals surface area contributed by atoms with Crippen LogP contribution in [-0.4, -0.2) is 37.1 Å². The Morgan fingerprint density at radius 3 is 2.39 bits per heavy atom. The molecule has 0 bridgehead atoms. The Labute approximate surface area is 109 Å². The lowest BCUT2D eigenvalue weighted by atomic mass is 10.2. The Morgan fingerprint density at radius 2 is 1.83 bits per heavy atom. The van der Waals surface area contributed by atoms with Crippen molar-refractivity contribution in [2.45, 2.75) is 20.8 Å². The average molecular weight is 249 g/mol. The zero-order valence-corrected chi connectivity index (χ0v) is 11.5. The van der Waals surface area contributed by atoms with Gasteiger partial charge in [-0.25, -0.2) is 4.99 Å². The van der Waals surface area contributed by atoms with Crippen molar-refractivity contribution in [3.05, 3.63) is 29.8 Å². The molecule has 0 spiro atoms. The normalized spacial score (nSPS) is 11.4. The molecule has 0 saturated heterocycles. The van der Waals surface area contributed by atoms with Crippen LogP contribution in [0.25, 0.3) is 0 Å². The van der Waals surface area contributed by atoms with Gasteiger partial charge in [0.25, 0.3) is 0 Å². The molecule has 100 valence electrons. The summed E-state index contributed by atoms with van der Waals surface area (Å²) in [6.07, 6.45) is 0. The largest absolute Gasteiger partial charge is 0.492 e. The molecule has 0 radical (unpaired) electrons. The molecule has 4 nitrogen and oxygen atoms in total. The molecule has 0 saturated carbocycles. The molecule has 0 atom stereocenters. The second kappa shape index (κ2) is 7.58. The smallest absolute Gasteiger partial charge is 0.191 e. The molecule has 0 amide bonds. The molecule has 1 aromatic rings. The van der Waals surface area contributed by atoms with Gasteiger partial charge in [-0.1, -0.05) is 17.7 Å². The van der Waals surface area contributed by atoms with Gasteiger partial charge in [0.2, 0.25) is 0 Å². The molecule has 18 heavy (non-hydrogen) atoms. The van der Waals surface area contributed by atoms with Crippen LogP contribution in [0.3, 0.4) is 0 Å². The monoisotopic (exact) mass is 249 g/mol. The van der Waals surface area contributed by atoms with Gasteiger partial charge in [0, 0.05) is 13.1 Å². The van der Waals surface area contributed by atoms with Crippen molar-refractivity contribution in [2.75, 3.05) is 26.2 Å². The van der Waals surface area contributed by atoms with E-state index >= 15 is 0 Å². The maximum atomic E-state index is 5.86. The summed E-state index contributed by atoms with van der Waals surface area (Å²) in [6.45, 7) is 9.07. The number of nitrogens with zero attached hydrogens (tertiary/aromatic N) is 2. The minimum Gasteiger partial charge on any atom is -0.492 e. The van der Waals surface area contributed by atoms with Gasteiger partial charge < -0.3 is 15.4 Å². The molecule has 1 aromatic carbocycles. The number of rotatable bonds is 6. The molecule has 0 heterocycles. The molecule has 0 fully saturated rings. The molecular weight excluding hydrogens is 226 g/mol. The molecular formula is C14H23N3O. The molecule has 0 aliphatic rings. The van der Waals surface area contributed by atoms with E-state index < -0.39 is 0 Å². The van der Waals surface area contributed by atoms with Gasteiger partial charge in [0.05, 0.1) is 6.54 Å². The van der Waals surface area contributed by atoms with E-state index in [0.29, 0.717) is 19.1 Å². The zero-order valence-electron chi connectivity index (χ0n) is 11.5. The molecule has 0 aliphatic carbocycles. The predicted octanol–water partition coefficient (Wildman–Crippen LogP) is 2.03. The number of guanidine groups is 1. The van der Waals surface area contributed by atoms with Crippen molar-refractivity contribution in [3.8, 4) is 5.75 Å². The van der Waals surface area contributed by atoms with Crippen LogP contribution >= 0.6 is 0 Å². The van der Waals surface area contributed by atoms with E-state index in [1.165, 1.54) is 5.56 Å². The van der Waals surface area contributed by atoms with Gasteiger partial charge in [-0.2, -0.15) is 0 Å². The molecule has 0 aliphatic heterocycles. The highest BCUT2D eigenvalue weighted by molar-refractivity contribution is 5.77. The lowest BCUT2D eigenvalue weighted by Gasteiger charge is -2.19. The summed E-state index contributed by atoms with van der Waals surface area (Å²) in [5.41, 5.74) is 7.09. The molecule has 0 unspecified atom stereocenters. The number of hydrogen-bond acceptors (Lipinski definition) is 2.